The number of nitrogen functional groups attached to an aromatic ring is 1. The van der Waals surface area contributed by atoms with Crippen molar-refractivity contribution in [3.63, 3.8) is 0 Å². The number of carboxylic acids is 1. The largest absolute Gasteiger partial charge is 0.478 e. The zero-order valence-corrected chi connectivity index (χ0v) is 11.9. The van der Waals surface area contributed by atoms with Crippen molar-refractivity contribution in [3.8, 4) is 11.5 Å². The molecule has 2 aromatic rings. The molecule has 2 aromatic carbocycles. The van der Waals surface area contributed by atoms with Crippen LogP contribution >= 0.6 is 0 Å². The van der Waals surface area contributed by atoms with Gasteiger partial charge in [-0.15, -0.1) is 0 Å². The van der Waals surface area contributed by atoms with Crippen molar-refractivity contribution in [2.45, 2.75) is 4.90 Å². The summed E-state index contributed by atoms with van der Waals surface area (Å²) in [7, 11) is -3.37. The van der Waals surface area contributed by atoms with Crippen LogP contribution in [0.2, 0.25) is 0 Å². The molecule has 0 atom stereocenters. The SMILES string of the molecule is CS(=O)(=O)c1cccc(Oc2ccc(N)cc2C(=O)O)c1. The zero-order chi connectivity index (χ0) is 15.6. The van der Waals surface area contributed by atoms with E-state index in [9.17, 15) is 13.2 Å². The number of rotatable bonds is 4. The smallest absolute Gasteiger partial charge is 0.339 e. The highest BCUT2D eigenvalue weighted by Crippen LogP contribution is 2.28. The molecule has 0 amide bonds. The van der Waals surface area contributed by atoms with Crippen molar-refractivity contribution in [2.75, 3.05) is 12.0 Å². The molecule has 0 heterocycles. The Hall–Kier alpha value is -2.54. The van der Waals surface area contributed by atoms with Crippen LogP contribution in [0.4, 0.5) is 5.69 Å². The highest BCUT2D eigenvalue weighted by atomic mass is 32.2. The van der Waals surface area contributed by atoms with E-state index in [1.807, 2.05) is 0 Å². The first kappa shape index (κ1) is 14.9. The average Bonchev–Trinajstić information content (AvgIpc) is 2.40. The van der Waals surface area contributed by atoms with Gasteiger partial charge in [-0.25, -0.2) is 13.2 Å². The van der Waals surface area contributed by atoms with Gasteiger partial charge in [0.15, 0.2) is 9.84 Å². The second-order valence-corrected chi connectivity index (χ2v) is 6.43. The third kappa shape index (κ3) is 3.51. The number of carboxylic acid groups (broad SMARTS) is 1. The van der Waals surface area contributed by atoms with Gasteiger partial charge in [0.25, 0.3) is 0 Å². The maximum absolute atomic E-state index is 11.5. The van der Waals surface area contributed by atoms with Gasteiger partial charge in [0.1, 0.15) is 17.1 Å². The number of benzene rings is 2. The molecule has 0 fully saturated rings. The molecular weight excluding hydrogens is 294 g/mol. The molecule has 0 radical (unpaired) electrons. The van der Waals surface area contributed by atoms with Crippen molar-refractivity contribution in [1.82, 2.24) is 0 Å². The number of nitrogens with two attached hydrogens (primary N) is 1. The van der Waals surface area contributed by atoms with E-state index in [2.05, 4.69) is 0 Å². The van der Waals surface area contributed by atoms with Crippen LogP contribution in [0, 0.1) is 0 Å². The normalized spacial score (nSPS) is 11.1. The fourth-order valence-electron chi connectivity index (χ4n) is 1.70. The van der Waals surface area contributed by atoms with Gasteiger partial charge < -0.3 is 15.6 Å². The van der Waals surface area contributed by atoms with Crippen molar-refractivity contribution >= 4 is 21.5 Å². The van der Waals surface area contributed by atoms with Crippen molar-refractivity contribution < 1.29 is 23.1 Å². The van der Waals surface area contributed by atoms with E-state index in [4.69, 9.17) is 15.6 Å². The lowest BCUT2D eigenvalue weighted by molar-refractivity contribution is 0.0694. The Morgan fingerprint density at radius 2 is 1.90 bits per heavy atom. The third-order valence-electron chi connectivity index (χ3n) is 2.70. The van der Waals surface area contributed by atoms with Gasteiger partial charge >= 0.3 is 5.97 Å². The second kappa shape index (κ2) is 5.45. The van der Waals surface area contributed by atoms with E-state index < -0.39 is 15.8 Å². The standard InChI is InChI=1S/C14H13NO5S/c1-21(18,19)11-4-2-3-10(8-11)20-13-6-5-9(15)7-12(13)14(16)17/h2-8H,15H2,1H3,(H,16,17). The Labute approximate surface area is 121 Å². The first-order valence-electron chi connectivity index (χ1n) is 5.88. The van der Waals surface area contributed by atoms with Crippen LogP contribution in [-0.2, 0) is 9.84 Å². The van der Waals surface area contributed by atoms with Crippen LogP contribution in [0.25, 0.3) is 0 Å². The molecular formula is C14H13NO5S. The molecule has 6 nitrogen and oxygen atoms in total. The summed E-state index contributed by atoms with van der Waals surface area (Å²) < 4.78 is 28.4. The first-order chi connectivity index (χ1) is 9.77. The van der Waals surface area contributed by atoms with Gasteiger partial charge in [-0.3, -0.25) is 0 Å². The van der Waals surface area contributed by atoms with Crippen LogP contribution in [-0.4, -0.2) is 25.7 Å². The molecule has 0 aromatic heterocycles. The van der Waals surface area contributed by atoms with E-state index >= 15 is 0 Å². The summed E-state index contributed by atoms with van der Waals surface area (Å²) in [5.74, 6) is -0.871. The molecule has 0 saturated heterocycles. The predicted molar refractivity (Wildman–Crippen MR) is 77.4 cm³/mol. The molecule has 0 aliphatic heterocycles. The van der Waals surface area contributed by atoms with Crippen molar-refractivity contribution in [3.05, 3.63) is 48.0 Å². The lowest BCUT2D eigenvalue weighted by Gasteiger charge is -2.10. The van der Waals surface area contributed by atoms with Gasteiger partial charge in [0.05, 0.1) is 4.90 Å². The monoisotopic (exact) mass is 307 g/mol. The Bertz CT molecular complexity index is 799. The van der Waals surface area contributed by atoms with Crippen LogP contribution in [0.15, 0.2) is 47.4 Å². The van der Waals surface area contributed by atoms with E-state index in [1.165, 1.54) is 42.5 Å². The zero-order valence-electron chi connectivity index (χ0n) is 11.1. The predicted octanol–water partition coefficient (Wildman–Crippen LogP) is 2.16. The Kier molecular flexibility index (Phi) is 3.86. The van der Waals surface area contributed by atoms with Crippen LogP contribution in [0.1, 0.15) is 10.4 Å². The molecule has 0 unspecified atom stereocenters. The molecule has 0 saturated carbocycles. The first-order valence-corrected chi connectivity index (χ1v) is 7.77. The number of aromatic carboxylic acids is 1. The van der Waals surface area contributed by atoms with Gasteiger partial charge in [0.2, 0.25) is 0 Å². The fraction of sp³-hybridized carbons (Fsp3) is 0.0714. The van der Waals surface area contributed by atoms with Crippen LogP contribution in [0.3, 0.4) is 0 Å². The summed E-state index contributed by atoms with van der Waals surface area (Å²) in [5.41, 5.74) is 5.74. The number of sulfone groups is 1. The molecule has 0 aliphatic carbocycles. The van der Waals surface area contributed by atoms with Crippen molar-refractivity contribution in [2.24, 2.45) is 0 Å². The number of hydrogen-bond acceptors (Lipinski definition) is 5. The fourth-order valence-corrected chi connectivity index (χ4v) is 2.36. The molecule has 110 valence electrons. The highest BCUT2D eigenvalue weighted by molar-refractivity contribution is 7.90. The van der Waals surface area contributed by atoms with Gasteiger partial charge in [-0.2, -0.15) is 0 Å². The number of ether oxygens (including phenoxy) is 1. The maximum Gasteiger partial charge on any atom is 0.339 e. The number of carbonyl (C=O) groups is 1. The minimum atomic E-state index is -3.37. The Balaban J connectivity index is 2.41. The van der Waals surface area contributed by atoms with Crippen LogP contribution < -0.4 is 10.5 Å². The summed E-state index contributed by atoms with van der Waals surface area (Å²) >= 11 is 0. The quantitative estimate of drug-likeness (QED) is 0.838. The average molecular weight is 307 g/mol. The summed E-state index contributed by atoms with van der Waals surface area (Å²) in [6, 6.07) is 10.0. The minimum absolute atomic E-state index is 0.0855. The molecule has 3 N–H and O–H groups in total. The van der Waals surface area contributed by atoms with Crippen LogP contribution in [0.5, 0.6) is 11.5 Å². The van der Waals surface area contributed by atoms with Gasteiger partial charge in [0, 0.05) is 11.9 Å². The molecule has 0 spiro atoms. The molecule has 2 rings (SSSR count). The summed E-state index contributed by atoms with van der Waals surface area (Å²) in [6.07, 6.45) is 1.08. The Morgan fingerprint density at radius 1 is 1.19 bits per heavy atom. The van der Waals surface area contributed by atoms with E-state index in [1.54, 1.807) is 0 Å². The van der Waals surface area contributed by atoms with E-state index in [0.717, 1.165) is 6.26 Å². The Morgan fingerprint density at radius 3 is 2.52 bits per heavy atom. The minimum Gasteiger partial charge on any atom is -0.478 e. The van der Waals surface area contributed by atoms with Gasteiger partial charge in [-0.1, -0.05) is 6.07 Å². The topological polar surface area (TPSA) is 107 Å². The lowest BCUT2D eigenvalue weighted by atomic mass is 10.2. The molecule has 7 heteroatoms. The highest BCUT2D eigenvalue weighted by Gasteiger charge is 2.14. The molecule has 21 heavy (non-hydrogen) atoms. The van der Waals surface area contributed by atoms with Gasteiger partial charge in [-0.05, 0) is 36.4 Å². The summed E-state index contributed by atoms with van der Waals surface area (Å²) in [4.78, 5) is 11.2. The second-order valence-electron chi connectivity index (χ2n) is 4.41. The lowest BCUT2D eigenvalue weighted by Crippen LogP contribution is -2.02. The maximum atomic E-state index is 11.5. The number of anilines is 1. The number of hydrogen-bond donors (Lipinski definition) is 2. The van der Waals surface area contributed by atoms with Crippen molar-refractivity contribution in [1.29, 1.82) is 0 Å². The summed E-state index contributed by atoms with van der Waals surface area (Å²) in [6.45, 7) is 0. The van der Waals surface area contributed by atoms with E-state index in [0.29, 0.717) is 5.69 Å². The third-order valence-corrected chi connectivity index (χ3v) is 3.81. The van der Waals surface area contributed by atoms with E-state index in [-0.39, 0.29) is 22.0 Å². The molecule has 0 aliphatic rings. The summed E-state index contributed by atoms with van der Waals surface area (Å²) in [5, 5.41) is 9.12. The molecule has 0 bridgehead atoms.